The first-order chi connectivity index (χ1) is 9.93. The van der Waals surface area contributed by atoms with Crippen molar-refractivity contribution in [3.63, 3.8) is 0 Å². The van der Waals surface area contributed by atoms with Crippen LogP contribution >= 0.6 is 11.6 Å². The summed E-state index contributed by atoms with van der Waals surface area (Å²) in [6.07, 6.45) is -0.141. The van der Waals surface area contributed by atoms with Crippen LogP contribution in [0.2, 0.25) is 5.02 Å². The highest BCUT2D eigenvalue weighted by molar-refractivity contribution is 6.31. The molecule has 1 unspecified atom stereocenters. The zero-order valence-corrected chi connectivity index (χ0v) is 12.2. The average molecular weight is 314 g/mol. The SMILES string of the molecule is COC(=O)CCC(NC(=O)Cc1ccccc1Cl)C(=O)O. The van der Waals surface area contributed by atoms with Gasteiger partial charge in [0, 0.05) is 11.4 Å². The molecule has 0 aliphatic carbocycles. The van der Waals surface area contributed by atoms with Gasteiger partial charge in [0.15, 0.2) is 0 Å². The van der Waals surface area contributed by atoms with Crippen LogP contribution in [-0.2, 0) is 25.5 Å². The molecule has 0 spiro atoms. The zero-order valence-electron chi connectivity index (χ0n) is 11.5. The molecule has 0 saturated carbocycles. The van der Waals surface area contributed by atoms with Gasteiger partial charge in [0.2, 0.25) is 5.91 Å². The number of halogens is 1. The Morgan fingerprint density at radius 3 is 2.57 bits per heavy atom. The summed E-state index contributed by atoms with van der Waals surface area (Å²) in [5.41, 5.74) is 0.605. The molecule has 0 saturated heterocycles. The van der Waals surface area contributed by atoms with Crippen molar-refractivity contribution in [2.24, 2.45) is 0 Å². The molecule has 1 aromatic rings. The van der Waals surface area contributed by atoms with E-state index in [2.05, 4.69) is 10.1 Å². The number of esters is 1. The van der Waals surface area contributed by atoms with Crippen LogP contribution in [0.1, 0.15) is 18.4 Å². The average Bonchev–Trinajstić information content (AvgIpc) is 2.45. The lowest BCUT2D eigenvalue weighted by molar-refractivity contribution is -0.144. The Morgan fingerprint density at radius 2 is 2.00 bits per heavy atom. The van der Waals surface area contributed by atoms with Gasteiger partial charge >= 0.3 is 11.9 Å². The number of carboxylic acid groups (broad SMARTS) is 1. The molecule has 0 radical (unpaired) electrons. The third kappa shape index (κ3) is 5.83. The Hall–Kier alpha value is -2.08. The van der Waals surface area contributed by atoms with Crippen molar-refractivity contribution >= 4 is 29.4 Å². The first-order valence-electron chi connectivity index (χ1n) is 6.26. The number of hydrogen-bond donors (Lipinski definition) is 2. The summed E-state index contributed by atoms with van der Waals surface area (Å²) in [6.45, 7) is 0. The van der Waals surface area contributed by atoms with E-state index in [-0.39, 0.29) is 19.3 Å². The third-order valence-electron chi connectivity index (χ3n) is 2.81. The standard InChI is InChI=1S/C14H16ClNO5/c1-21-13(18)7-6-11(14(19)20)16-12(17)8-9-4-2-3-5-10(9)15/h2-5,11H,6-8H2,1H3,(H,16,17)(H,19,20). The van der Waals surface area contributed by atoms with Gasteiger partial charge < -0.3 is 15.2 Å². The van der Waals surface area contributed by atoms with Gasteiger partial charge in [-0.1, -0.05) is 29.8 Å². The number of hydrogen-bond acceptors (Lipinski definition) is 4. The van der Waals surface area contributed by atoms with Crippen LogP contribution in [0.15, 0.2) is 24.3 Å². The summed E-state index contributed by atoms with van der Waals surface area (Å²) in [5, 5.41) is 11.8. The van der Waals surface area contributed by atoms with Crippen molar-refractivity contribution in [3.8, 4) is 0 Å². The van der Waals surface area contributed by atoms with Crippen LogP contribution in [0.25, 0.3) is 0 Å². The molecule has 0 aliphatic rings. The molecule has 1 rings (SSSR count). The monoisotopic (exact) mass is 313 g/mol. The highest BCUT2D eigenvalue weighted by Gasteiger charge is 2.21. The molecule has 1 atom stereocenters. The van der Waals surface area contributed by atoms with Gasteiger partial charge in [-0.25, -0.2) is 4.79 Å². The van der Waals surface area contributed by atoms with E-state index in [0.29, 0.717) is 10.6 Å². The normalized spacial score (nSPS) is 11.5. The van der Waals surface area contributed by atoms with Crippen molar-refractivity contribution < 1.29 is 24.2 Å². The lowest BCUT2D eigenvalue weighted by atomic mass is 10.1. The van der Waals surface area contributed by atoms with E-state index in [1.165, 1.54) is 7.11 Å². The Morgan fingerprint density at radius 1 is 1.33 bits per heavy atom. The minimum absolute atomic E-state index is 0.0261. The van der Waals surface area contributed by atoms with Crippen LogP contribution in [0.3, 0.4) is 0 Å². The van der Waals surface area contributed by atoms with Gasteiger partial charge in [0.25, 0.3) is 0 Å². The minimum Gasteiger partial charge on any atom is -0.480 e. The number of amides is 1. The van der Waals surface area contributed by atoms with E-state index in [1.54, 1.807) is 24.3 Å². The predicted octanol–water partition coefficient (Wildman–Crippen LogP) is 1.41. The van der Waals surface area contributed by atoms with Crippen LogP contribution in [-0.4, -0.2) is 36.1 Å². The maximum atomic E-state index is 11.8. The Labute approximate surface area is 127 Å². The molecule has 1 aromatic carbocycles. The van der Waals surface area contributed by atoms with Crippen LogP contribution in [0.5, 0.6) is 0 Å². The molecule has 0 aromatic heterocycles. The first kappa shape index (κ1) is 17.0. The van der Waals surface area contributed by atoms with Crippen molar-refractivity contribution in [1.29, 1.82) is 0 Å². The van der Waals surface area contributed by atoms with Gasteiger partial charge in [-0.2, -0.15) is 0 Å². The van der Waals surface area contributed by atoms with Crippen molar-refractivity contribution in [2.75, 3.05) is 7.11 Å². The topological polar surface area (TPSA) is 92.7 Å². The molecule has 21 heavy (non-hydrogen) atoms. The van der Waals surface area contributed by atoms with E-state index in [4.69, 9.17) is 16.7 Å². The number of benzene rings is 1. The van der Waals surface area contributed by atoms with Crippen molar-refractivity contribution in [1.82, 2.24) is 5.32 Å². The summed E-state index contributed by atoms with van der Waals surface area (Å²) in [4.78, 5) is 33.9. The second-order valence-corrected chi connectivity index (χ2v) is 4.75. The van der Waals surface area contributed by atoms with E-state index >= 15 is 0 Å². The number of ether oxygens (including phenoxy) is 1. The molecular weight excluding hydrogens is 298 g/mol. The number of methoxy groups -OCH3 is 1. The highest BCUT2D eigenvalue weighted by atomic mass is 35.5. The maximum absolute atomic E-state index is 11.8. The number of carboxylic acids is 1. The fraction of sp³-hybridized carbons (Fsp3) is 0.357. The fourth-order valence-electron chi connectivity index (χ4n) is 1.68. The quantitative estimate of drug-likeness (QED) is 0.742. The highest BCUT2D eigenvalue weighted by Crippen LogP contribution is 2.15. The second kappa shape index (κ2) is 8.26. The molecule has 0 heterocycles. The summed E-state index contributed by atoms with van der Waals surface area (Å²) in [5.74, 6) is -2.20. The number of carbonyl (C=O) groups is 3. The summed E-state index contributed by atoms with van der Waals surface area (Å²) < 4.78 is 4.43. The van der Waals surface area contributed by atoms with E-state index < -0.39 is 23.9 Å². The molecule has 7 heteroatoms. The molecule has 2 N–H and O–H groups in total. The molecular formula is C14H16ClNO5. The fourth-order valence-corrected chi connectivity index (χ4v) is 1.88. The zero-order chi connectivity index (χ0) is 15.8. The van der Waals surface area contributed by atoms with Crippen LogP contribution in [0.4, 0.5) is 0 Å². The summed E-state index contributed by atoms with van der Waals surface area (Å²) in [7, 11) is 1.22. The van der Waals surface area contributed by atoms with Crippen molar-refractivity contribution in [3.05, 3.63) is 34.9 Å². The minimum atomic E-state index is -1.20. The smallest absolute Gasteiger partial charge is 0.326 e. The van der Waals surface area contributed by atoms with Gasteiger partial charge in [0.05, 0.1) is 13.5 Å². The third-order valence-corrected chi connectivity index (χ3v) is 3.18. The number of rotatable bonds is 7. The predicted molar refractivity (Wildman–Crippen MR) is 76.0 cm³/mol. The van der Waals surface area contributed by atoms with E-state index in [0.717, 1.165) is 0 Å². The van der Waals surface area contributed by atoms with Crippen LogP contribution in [0, 0.1) is 0 Å². The molecule has 1 amide bonds. The molecule has 0 aliphatic heterocycles. The molecule has 0 bridgehead atoms. The Kier molecular flexibility index (Phi) is 6.68. The van der Waals surface area contributed by atoms with Crippen molar-refractivity contribution in [2.45, 2.75) is 25.3 Å². The summed E-state index contributed by atoms with van der Waals surface area (Å²) in [6, 6.07) is 5.67. The Bertz CT molecular complexity index is 532. The van der Waals surface area contributed by atoms with E-state index in [9.17, 15) is 14.4 Å². The molecule has 114 valence electrons. The second-order valence-electron chi connectivity index (χ2n) is 4.34. The first-order valence-corrected chi connectivity index (χ1v) is 6.64. The lowest BCUT2D eigenvalue weighted by Gasteiger charge is -2.14. The Balaban J connectivity index is 2.58. The number of carbonyl (C=O) groups excluding carboxylic acids is 2. The summed E-state index contributed by atoms with van der Waals surface area (Å²) >= 11 is 5.93. The van der Waals surface area contributed by atoms with Gasteiger partial charge in [-0.15, -0.1) is 0 Å². The van der Waals surface area contributed by atoms with E-state index in [1.807, 2.05) is 0 Å². The molecule has 6 nitrogen and oxygen atoms in total. The van der Waals surface area contributed by atoms with Gasteiger partial charge in [0.1, 0.15) is 6.04 Å². The number of nitrogens with one attached hydrogen (secondary N) is 1. The number of aliphatic carboxylic acids is 1. The largest absolute Gasteiger partial charge is 0.480 e. The maximum Gasteiger partial charge on any atom is 0.326 e. The van der Waals surface area contributed by atoms with Gasteiger partial charge in [-0.05, 0) is 18.1 Å². The lowest BCUT2D eigenvalue weighted by Crippen LogP contribution is -2.41. The van der Waals surface area contributed by atoms with Crippen LogP contribution < -0.4 is 5.32 Å². The molecule has 0 fully saturated rings. The van der Waals surface area contributed by atoms with Gasteiger partial charge in [-0.3, -0.25) is 9.59 Å².